The van der Waals surface area contributed by atoms with Crippen LogP contribution >= 0.6 is 0 Å². The summed E-state index contributed by atoms with van der Waals surface area (Å²) in [6.45, 7) is 21.8. The van der Waals surface area contributed by atoms with Crippen LogP contribution in [0.2, 0.25) is 0 Å². The van der Waals surface area contributed by atoms with Crippen molar-refractivity contribution < 1.29 is 19.1 Å². The Kier molecular flexibility index (Phi) is 17.2. The zero-order valence-electron chi connectivity index (χ0n) is 19.3. The van der Waals surface area contributed by atoms with Gasteiger partial charge in [0, 0.05) is 24.0 Å². The summed E-state index contributed by atoms with van der Waals surface area (Å²) < 4.78 is 10.1. The van der Waals surface area contributed by atoms with Crippen LogP contribution in [0.5, 0.6) is 0 Å². The van der Waals surface area contributed by atoms with E-state index in [2.05, 4.69) is 17.8 Å². The van der Waals surface area contributed by atoms with Crippen LogP contribution < -0.4 is 0 Å². The van der Waals surface area contributed by atoms with Crippen LogP contribution in [0.15, 0.2) is 0 Å². The van der Waals surface area contributed by atoms with Gasteiger partial charge in [0.2, 0.25) is 5.78 Å². The van der Waals surface area contributed by atoms with Gasteiger partial charge in [-0.2, -0.15) is 0 Å². The van der Waals surface area contributed by atoms with Gasteiger partial charge in [0.1, 0.15) is 12.2 Å². The fraction of sp³-hybridized carbons (Fsp3) is 0.739. The third kappa shape index (κ3) is 26.7. The third-order valence-electron chi connectivity index (χ3n) is 2.77. The monoisotopic (exact) mass is 380 g/mol. The van der Waals surface area contributed by atoms with E-state index >= 15 is 0 Å². The Morgan fingerprint density at radius 3 is 1.48 bits per heavy atom. The number of rotatable bonds is 6. The van der Waals surface area contributed by atoms with E-state index < -0.39 is 6.10 Å². The first-order valence-corrected chi connectivity index (χ1v) is 9.39. The number of ether oxygens (including phenoxy) is 2. The molecule has 4 nitrogen and oxygen atoms in total. The minimum absolute atomic E-state index is 0.0694. The summed E-state index contributed by atoms with van der Waals surface area (Å²) in [6.07, 6.45) is 4.43. The van der Waals surface area contributed by atoms with Gasteiger partial charge in [0.15, 0.2) is 5.78 Å². The molecule has 0 aliphatic heterocycles. The number of hydrogen-bond acceptors (Lipinski definition) is 4. The van der Waals surface area contributed by atoms with Gasteiger partial charge in [-0.1, -0.05) is 5.92 Å². The Morgan fingerprint density at radius 1 is 0.889 bits per heavy atom. The van der Waals surface area contributed by atoms with E-state index in [0.29, 0.717) is 13.2 Å². The first-order valence-electron chi connectivity index (χ1n) is 9.39. The molecule has 0 aliphatic carbocycles. The molecule has 0 aromatic rings. The number of carbonyl (C=O) groups is 2. The van der Waals surface area contributed by atoms with E-state index in [1.54, 1.807) is 13.8 Å². The molecule has 156 valence electrons. The molecule has 0 aromatic carbocycles. The van der Waals surface area contributed by atoms with E-state index in [1.165, 1.54) is 6.92 Å². The molecular formula is C23H40O4. The highest BCUT2D eigenvalue weighted by Gasteiger charge is 2.11. The Labute approximate surface area is 167 Å². The molecule has 0 N–H and O–H groups in total. The molecule has 0 heterocycles. The highest BCUT2D eigenvalue weighted by atomic mass is 16.5. The fourth-order valence-electron chi connectivity index (χ4n) is 1.04. The summed E-state index contributed by atoms with van der Waals surface area (Å²) in [5.41, 5.74) is -0.0540. The molecule has 0 fully saturated rings. The van der Waals surface area contributed by atoms with Gasteiger partial charge in [-0.05, 0) is 82.1 Å². The number of hydrogen-bond donors (Lipinski definition) is 0. The minimum Gasteiger partial charge on any atom is -0.371 e. The van der Waals surface area contributed by atoms with E-state index in [1.807, 2.05) is 55.4 Å². The van der Waals surface area contributed by atoms with Crippen molar-refractivity contribution in [3.63, 3.8) is 0 Å². The molecule has 2 atom stereocenters. The Morgan fingerprint density at radius 2 is 1.26 bits per heavy atom. The van der Waals surface area contributed by atoms with Crippen LogP contribution in [0.25, 0.3) is 0 Å². The fourth-order valence-corrected chi connectivity index (χ4v) is 1.04. The number of Topliss-reactive ketones (excluding diaryl/α,β-unsaturated/α-hetero) is 2. The Bertz CT molecular complexity index is 516. The van der Waals surface area contributed by atoms with Gasteiger partial charge in [-0.3, -0.25) is 9.59 Å². The lowest BCUT2D eigenvalue weighted by molar-refractivity contribution is -0.127. The largest absolute Gasteiger partial charge is 0.371 e. The molecule has 27 heavy (non-hydrogen) atoms. The average molecular weight is 381 g/mol. The van der Waals surface area contributed by atoms with Gasteiger partial charge < -0.3 is 9.47 Å². The second-order valence-corrected chi connectivity index (χ2v) is 8.06. The summed E-state index contributed by atoms with van der Waals surface area (Å²) in [7, 11) is 0. The van der Waals surface area contributed by atoms with Crippen LogP contribution in [0.3, 0.4) is 0 Å². The predicted octanol–water partition coefficient (Wildman–Crippen LogP) is 4.70. The highest BCUT2D eigenvalue weighted by molar-refractivity contribution is 5.98. The molecule has 0 aliphatic rings. The Hall–Kier alpha value is -1.62. The van der Waals surface area contributed by atoms with Crippen molar-refractivity contribution >= 4 is 11.6 Å². The second kappa shape index (κ2) is 15.4. The quantitative estimate of drug-likeness (QED) is 0.495. The maximum absolute atomic E-state index is 11.3. The highest BCUT2D eigenvalue weighted by Crippen LogP contribution is 2.10. The summed E-state index contributed by atoms with van der Waals surface area (Å²) in [5, 5.41) is 0. The van der Waals surface area contributed by atoms with E-state index in [-0.39, 0.29) is 28.5 Å². The van der Waals surface area contributed by atoms with Crippen molar-refractivity contribution in [2.75, 3.05) is 13.2 Å². The summed E-state index contributed by atoms with van der Waals surface area (Å²) >= 11 is 0. The summed E-state index contributed by atoms with van der Waals surface area (Å²) in [4.78, 5) is 21.7. The molecule has 0 amide bonds. The molecule has 0 bridgehead atoms. The van der Waals surface area contributed by atoms with Crippen molar-refractivity contribution in [2.45, 2.75) is 88.4 Å². The van der Waals surface area contributed by atoms with Gasteiger partial charge in [-0.15, -0.1) is 12.3 Å². The van der Waals surface area contributed by atoms with Crippen molar-refractivity contribution in [3.8, 4) is 24.2 Å². The predicted molar refractivity (Wildman–Crippen MR) is 113 cm³/mol. The topological polar surface area (TPSA) is 52.6 Å². The molecule has 0 rings (SSSR count). The maximum atomic E-state index is 11.3. The van der Waals surface area contributed by atoms with Crippen molar-refractivity contribution in [1.82, 2.24) is 0 Å². The third-order valence-corrected chi connectivity index (χ3v) is 2.77. The Balaban J connectivity index is -0.000000351. The zero-order chi connectivity index (χ0) is 22.3. The van der Waals surface area contributed by atoms with Gasteiger partial charge in [-0.25, -0.2) is 0 Å². The van der Waals surface area contributed by atoms with Gasteiger partial charge in [0.05, 0.1) is 0 Å². The van der Waals surface area contributed by atoms with Crippen LogP contribution in [0.4, 0.5) is 0 Å². The van der Waals surface area contributed by atoms with Crippen LogP contribution in [-0.2, 0) is 19.1 Å². The van der Waals surface area contributed by atoms with Gasteiger partial charge >= 0.3 is 0 Å². The molecule has 0 spiro atoms. The van der Waals surface area contributed by atoms with Crippen molar-refractivity contribution in [2.24, 2.45) is 10.8 Å². The lowest BCUT2D eigenvalue weighted by Crippen LogP contribution is -2.19. The second-order valence-electron chi connectivity index (χ2n) is 8.06. The summed E-state index contributed by atoms with van der Waals surface area (Å²) in [6, 6.07) is 0. The van der Waals surface area contributed by atoms with Crippen molar-refractivity contribution in [1.29, 1.82) is 0 Å². The number of carbonyl (C=O) groups excluding carboxylic acids is 2. The number of terminal acetylenes is 1. The smallest absolute Gasteiger partial charge is 0.233 e. The first kappa shape index (κ1) is 30.1. The van der Waals surface area contributed by atoms with E-state index in [4.69, 9.17) is 15.9 Å². The molecule has 0 aromatic heterocycles. The summed E-state index contributed by atoms with van der Waals surface area (Å²) in [5.74, 6) is 8.03. The minimum atomic E-state index is -0.403. The standard InChI is InChI=1S/C11H18O2.C6H12O2.C6H10/c1-6-13-9(2)10(12)7-8-11(3,4)5;1-4-8-6(3)5(2)7;1-5-6(2,3)4/h9H,6H2,1-5H3;6H,4H2,1-3H3;1H,2-4H3. The lowest BCUT2D eigenvalue weighted by Gasteiger charge is -2.08. The SMILES string of the molecule is C#CC(C)(C)C.CCOC(C)C(=O)C#CC(C)(C)C.CCOC(C)C(C)=O. The lowest BCUT2D eigenvalue weighted by atomic mass is 9.97. The van der Waals surface area contributed by atoms with Crippen molar-refractivity contribution in [3.05, 3.63) is 0 Å². The maximum Gasteiger partial charge on any atom is 0.233 e. The van der Waals surface area contributed by atoms with E-state index in [9.17, 15) is 9.59 Å². The molecule has 4 heteroatoms. The van der Waals surface area contributed by atoms with E-state index in [0.717, 1.165) is 0 Å². The van der Waals surface area contributed by atoms with Crippen LogP contribution in [0.1, 0.15) is 76.2 Å². The molecule has 0 radical (unpaired) electrons. The number of ketones is 2. The first-order chi connectivity index (χ1) is 12.1. The van der Waals surface area contributed by atoms with Crippen LogP contribution in [-0.4, -0.2) is 37.0 Å². The molecular weight excluding hydrogens is 340 g/mol. The average Bonchev–Trinajstić information content (AvgIpc) is 2.52. The molecule has 0 saturated heterocycles. The normalized spacial score (nSPS) is 12.5. The van der Waals surface area contributed by atoms with Gasteiger partial charge in [0.25, 0.3) is 0 Å². The van der Waals surface area contributed by atoms with Crippen LogP contribution in [0, 0.1) is 35.0 Å². The molecule has 0 saturated carbocycles. The molecule has 2 unspecified atom stereocenters. The zero-order valence-corrected chi connectivity index (χ0v) is 19.3.